The zero-order chi connectivity index (χ0) is 12.1. The molecule has 2 rings (SSSR count). The molecule has 3 heteroatoms. The Morgan fingerprint density at radius 3 is 2.65 bits per heavy atom. The van der Waals surface area contributed by atoms with Gasteiger partial charge in [0.25, 0.3) is 0 Å². The molecule has 1 atom stereocenters. The molecule has 1 aromatic carbocycles. The molecule has 1 aliphatic heterocycles. The van der Waals surface area contributed by atoms with Gasteiger partial charge < -0.3 is 5.73 Å². The van der Waals surface area contributed by atoms with Crippen molar-refractivity contribution in [1.29, 1.82) is 0 Å². The highest BCUT2D eigenvalue weighted by Gasteiger charge is 2.22. The van der Waals surface area contributed by atoms with Crippen LogP contribution in [-0.2, 0) is 6.42 Å². The Hall–Kier alpha value is -0.510. The summed E-state index contributed by atoms with van der Waals surface area (Å²) in [7, 11) is 0. The lowest BCUT2D eigenvalue weighted by atomic mass is 9.97. The van der Waals surface area contributed by atoms with Gasteiger partial charge in [-0.1, -0.05) is 31.2 Å². The molecule has 1 aliphatic rings. The molecule has 0 aromatic heterocycles. The molecule has 17 heavy (non-hydrogen) atoms. The Morgan fingerprint density at radius 1 is 1.29 bits per heavy atom. The monoisotopic (exact) mass is 250 g/mol. The Balaban J connectivity index is 2.21. The van der Waals surface area contributed by atoms with Crippen molar-refractivity contribution in [3.05, 3.63) is 35.4 Å². The molecular weight excluding hydrogens is 228 g/mol. The predicted octanol–water partition coefficient (Wildman–Crippen LogP) is 2.30. The van der Waals surface area contributed by atoms with Gasteiger partial charge in [0, 0.05) is 37.2 Å². The zero-order valence-corrected chi connectivity index (χ0v) is 11.4. The Labute approximate surface area is 109 Å². The van der Waals surface area contributed by atoms with E-state index in [1.54, 1.807) is 0 Å². The quantitative estimate of drug-likeness (QED) is 0.889. The second-order valence-electron chi connectivity index (χ2n) is 4.45. The number of nitrogens with zero attached hydrogens (tertiary/aromatic N) is 1. The summed E-state index contributed by atoms with van der Waals surface area (Å²) >= 11 is 2.05. The number of hydrogen-bond acceptors (Lipinski definition) is 3. The minimum Gasteiger partial charge on any atom is -0.329 e. The number of aryl methyl sites for hydroxylation is 1. The third-order valence-electron chi connectivity index (χ3n) is 3.50. The fraction of sp³-hybridized carbons (Fsp3) is 0.571. The van der Waals surface area contributed by atoms with Gasteiger partial charge in [-0.05, 0) is 17.5 Å². The van der Waals surface area contributed by atoms with Crippen LogP contribution in [0.5, 0.6) is 0 Å². The van der Waals surface area contributed by atoms with Gasteiger partial charge in [0.2, 0.25) is 0 Å². The number of rotatable bonds is 4. The van der Waals surface area contributed by atoms with E-state index in [9.17, 15) is 0 Å². The molecule has 0 bridgehead atoms. The van der Waals surface area contributed by atoms with Gasteiger partial charge in [-0.15, -0.1) is 0 Å². The summed E-state index contributed by atoms with van der Waals surface area (Å²) in [5.41, 5.74) is 8.89. The number of benzene rings is 1. The molecule has 0 amide bonds. The van der Waals surface area contributed by atoms with Crippen LogP contribution in [-0.4, -0.2) is 36.0 Å². The van der Waals surface area contributed by atoms with E-state index in [0.29, 0.717) is 6.04 Å². The van der Waals surface area contributed by atoms with E-state index in [2.05, 4.69) is 36.1 Å². The minimum absolute atomic E-state index is 0.409. The van der Waals surface area contributed by atoms with Crippen molar-refractivity contribution in [2.24, 2.45) is 5.73 Å². The van der Waals surface area contributed by atoms with E-state index in [1.165, 1.54) is 35.7 Å². The van der Waals surface area contributed by atoms with Crippen molar-refractivity contribution in [1.82, 2.24) is 4.90 Å². The summed E-state index contributed by atoms with van der Waals surface area (Å²) in [5.74, 6) is 2.48. The molecule has 0 saturated carbocycles. The Kier molecular flexibility index (Phi) is 4.89. The number of hydrogen-bond donors (Lipinski definition) is 1. The lowest BCUT2D eigenvalue weighted by Crippen LogP contribution is -2.39. The van der Waals surface area contributed by atoms with Crippen molar-refractivity contribution in [3.63, 3.8) is 0 Å². The molecule has 1 unspecified atom stereocenters. The first-order valence-electron chi connectivity index (χ1n) is 6.46. The molecule has 0 aliphatic carbocycles. The van der Waals surface area contributed by atoms with Crippen LogP contribution in [0, 0.1) is 0 Å². The SMILES string of the molecule is CCc1ccccc1C(CN)N1CCSCC1. The summed E-state index contributed by atoms with van der Waals surface area (Å²) in [5, 5.41) is 0. The van der Waals surface area contributed by atoms with Crippen LogP contribution >= 0.6 is 11.8 Å². The average molecular weight is 250 g/mol. The van der Waals surface area contributed by atoms with E-state index in [0.717, 1.165) is 13.0 Å². The van der Waals surface area contributed by atoms with E-state index in [-0.39, 0.29) is 0 Å². The molecular formula is C14H22N2S. The molecule has 1 heterocycles. The molecule has 2 nitrogen and oxygen atoms in total. The third-order valence-corrected chi connectivity index (χ3v) is 4.45. The second-order valence-corrected chi connectivity index (χ2v) is 5.68. The van der Waals surface area contributed by atoms with Crippen molar-refractivity contribution < 1.29 is 0 Å². The molecule has 2 N–H and O–H groups in total. The maximum atomic E-state index is 6.01. The van der Waals surface area contributed by atoms with Gasteiger partial charge in [0.05, 0.1) is 0 Å². The minimum atomic E-state index is 0.409. The molecule has 1 aromatic rings. The van der Waals surface area contributed by atoms with Crippen LogP contribution in [0.25, 0.3) is 0 Å². The van der Waals surface area contributed by atoms with Crippen molar-refractivity contribution in [3.8, 4) is 0 Å². The van der Waals surface area contributed by atoms with Crippen LogP contribution in [0.15, 0.2) is 24.3 Å². The van der Waals surface area contributed by atoms with Crippen molar-refractivity contribution >= 4 is 11.8 Å². The van der Waals surface area contributed by atoms with E-state index >= 15 is 0 Å². The van der Waals surface area contributed by atoms with E-state index in [4.69, 9.17) is 5.73 Å². The first-order chi connectivity index (χ1) is 8.36. The van der Waals surface area contributed by atoms with Gasteiger partial charge in [0.1, 0.15) is 0 Å². The summed E-state index contributed by atoms with van der Waals surface area (Å²) in [6, 6.07) is 9.15. The molecule has 0 spiro atoms. The molecule has 0 radical (unpaired) electrons. The maximum Gasteiger partial charge on any atom is 0.0473 e. The predicted molar refractivity (Wildman–Crippen MR) is 76.5 cm³/mol. The lowest BCUT2D eigenvalue weighted by molar-refractivity contribution is 0.222. The highest BCUT2D eigenvalue weighted by atomic mass is 32.2. The maximum absolute atomic E-state index is 6.01. The summed E-state index contributed by atoms with van der Waals surface area (Å²) in [4.78, 5) is 2.55. The average Bonchev–Trinajstić information content (AvgIpc) is 2.41. The Morgan fingerprint density at radius 2 is 2.00 bits per heavy atom. The van der Waals surface area contributed by atoms with Crippen molar-refractivity contribution in [2.75, 3.05) is 31.1 Å². The number of nitrogens with two attached hydrogens (primary N) is 1. The molecule has 94 valence electrons. The zero-order valence-electron chi connectivity index (χ0n) is 10.6. The Bertz CT molecular complexity index is 348. The van der Waals surface area contributed by atoms with Crippen molar-refractivity contribution in [2.45, 2.75) is 19.4 Å². The summed E-state index contributed by atoms with van der Waals surface area (Å²) < 4.78 is 0. The smallest absolute Gasteiger partial charge is 0.0473 e. The second kappa shape index (κ2) is 6.43. The van der Waals surface area contributed by atoms with Crippen LogP contribution in [0.3, 0.4) is 0 Å². The third kappa shape index (κ3) is 3.03. The highest BCUT2D eigenvalue weighted by Crippen LogP contribution is 2.26. The van der Waals surface area contributed by atoms with Crippen LogP contribution in [0.1, 0.15) is 24.1 Å². The normalized spacial score (nSPS) is 19.2. The van der Waals surface area contributed by atoms with Gasteiger partial charge in [-0.2, -0.15) is 11.8 Å². The van der Waals surface area contributed by atoms with E-state index < -0.39 is 0 Å². The van der Waals surface area contributed by atoms with Crippen LogP contribution in [0.4, 0.5) is 0 Å². The van der Waals surface area contributed by atoms with Gasteiger partial charge in [-0.3, -0.25) is 4.90 Å². The van der Waals surface area contributed by atoms with Crippen LogP contribution in [0.2, 0.25) is 0 Å². The molecule has 1 saturated heterocycles. The fourth-order valence-electron chi connectivity index (χ4n) is 2.54. The van der Waals surface area contributed by atoms with Gasteiger partial charge >= 0.3 is 0 Å². The fourth-order valence-corrected chi connectivity index (χ4v) is 3.47. The van der Waals surface area contributed by atoms with Gasteiger partial charge in [0.15, 0.2) is 0 Å². The first kappa shape index (κ1) is 12.9. The first-order valence-corrected chi connectivity index (χ1v) is 7.62. The topological polar surface area (TPSA) is 29.3 Å². The largest absolute Gasteiger partial charge is 0.329 e. The van der Waals surface area contributed by atoms with E-state index in [1.807, 2.05) is 11.8 Å². The summed E-state index contributed by atoms with van der Waals surface area (Å²) in [6.45, 7) is 5.29. The van der Waals surface area contributed by atoms with Crippen LogP contribution < -0.4 is 5.73 Å². The summed E-state index contributed by atoms with van der Waals surface area (Å²) in [6.07, 6.45) is 1.09. The highest BCUT2D eigenvalue weighted by molar-refractivity contribution is 7.99. The standard InChI is InChI=1S/C14H22N2S/c1-2-12-5-3-4-6-13(12)14(11-15)16-7-9-17-10-8-16/h3-6,14H,2,7-11,15H2,1H3. The lowest BCUT2D eigenvalue weighted by Gasteiger charge is -2.34. The van der Waals surface area contributed by atoms with Gasteiger partial charge in [-0.25, -0.2) is 0 Å². The molecule has 1 fully saturated rings. The number of thioether (sulfide) groups is 1.